The molecule has 0 atom stereocenters. The van der Waals surface area contributed by atoms with Gasteiger partial charge in [-0.3, -0.25) is 4.79 Å². The highest BCUT2D eigenvalue weighted by atomic mass is 32.1. The number of carbonyl (C=O) groups is 1. The van der Waals surface area contributed by atoms with E-state index in [1.807, 2.05) is 0 Å². The fourth-order valence-corrected chi connectivity index (χ4v) is 1.17. The molecule has 62 valence electrons. The first-order valence-corrected chi connectivity index (χ1v) is 4.34. The average Bonchev–Trinajstić information content (AvgIpc) is 2.53. The molecular formula is C8H8N2OS. The molecule has 0 saturated heterocycles. The van der Waals surface area contributed by atoms with E-state index in [1.54, 1.807) is 5.38 Å². The first kappa shape index (κ1) is 8.91. The van der Waals surface area contributed by atoms with Crippen LogP contribution in [-0.2, 0) is 0 Å². The summed E-state index contributed by atoms with van der Waals surface area (Å²) in [6.45, 7) is 0.553. The van der Waals surface area contributed by atoms with Crippen molar-refractivity contribution in [2.24, 2.45) is 5.73 Å². The van der Waals surface area contributed by atoms with Gasteiger partial charge in [0.25, 0.3) is 0 Å². The monoisotopic (exact) mass is 180 g/mol. The summed E-state index contributed by atoms with van der Waals surface area (Å²) in [4.78, 5) is 14.2. The van der Waals surface area contributed by atoms with E-state index in [0.717, 1.165) is 6.29 Å². The normalized spacial score (nSPS) is 8.75. The lowest BCUT2D eigenvalue weighted by molar-refractivity contribution is 0.112. The summed E-state index contributed by atoms with van der Waals surface area (Å²) in [6, 6.07) is 0. The summed E-state index contributed by atoms with van der Waals surface area (Å²) >= 11 is 1.29. The van der Waals surface area contributed by atoms with Gasteiger partial charge in [0.15, 0.2) is 11.3 Å². The lowest BCUT2D eigenvalue weighted by Gasteiger charge is -1.78. The minimum absolute atomic E-state index is 0.465. The van der Waals surface area contributed by atoms with Crippen molar-refractivity contribution < 1.29 is 4.79 Å². The van der Waals surface area contributed by atoms with Crippen LogP contribution in [0.25, 0.3) is 0 Å². The molecule has 3 nitrogen and oxygen atoms in total. The van der Waals surface area contributed by atoms with Crippen LogP contribution in [0.2, 0.25) is 0 Å². The van der Waals surface area contributed by atoms with E-state index in [9.17, 15) is 4.79 Å². The molecule has 0 bridgehead atoms. The first-order chi connectivity index (χ1) is 5.86. The smallest absolute Gasteiger partial charge is 0.178 e. The van der Waals surface area contributed by atoms with Crippen molar-refractivity contribution in [2.75, 3.05) is 6.54 Å². The lowest BCUT2D eigenvalue weighted by atomic mass is 10.4. The Morgan fingerprint density at radius 2 is 2.58 bits per heavy atom. The number of hydrogen-bond acceptors (Lipinski definition) is 4. The molecule has 2 N–H and O–H groups in total. The molecular weight excluding hydrogens is 172 g/mol. The molecule has 0 aliphatic heterocycles. The van der Waals surface area contributed by atoms with Gasteiger partial charge in [0.05, 0.1) is 0 Å². The number of aldehydes is 1. The molecule has 0 unspecified atom stereocenters. The Kier molecular flexibility index (Phi) is 3.45. The molecule has 0 aromatic carbocycles. The highest BCUT2D eigenvalue weighted by Gasteiger charge is 1.95. The molecule has 4 heteroatoms. The molecule has 1 aromatic rings. The number of rotatable bonds is 2. The van der Waals surface area contributed by atoms with Crippen LogP contribution in [0, 0.1) is 11.8 Å². The van der Waals surface area contributed by atoms with E-state index in [1.165, 1.54) is 11.3 Å². The molecule has 0 spiro atoms. The minimum Gasteiger partial charge on any atom is -0.330 e. The molecule has 1 rings (SSSR count). The van der Waals surface area contributed by atoms with Crippen molar-refractivity contribution in [3.05, 3.63) is 16.1 Å². The van der Waals surface area contributed by atoms with Gasteiger partial charge in [0, 0.05) is 18.3 Å². The van der Waals surface area contributed by atoms with Crippen LogP contribution in [-0.4, -0.2) is 17.8 Å². The molecule has 0 radical (unpaired) electrons. The van der Waals surface area contributed by atoms with Crippen LogP contribution in [0.3, 0.4) is 0 Å². The van der Waals surface area contributed by atoms with Crippen LogP contribution in [0.1, 0.15) is 21.9 Å². The van der Waals surface area contributed by atoms with Crippen molar-refractivity contribution in [2.45, 2.75) is 6.42 Å². The van der Waals surface area contributed by atoms with Crippen molar-refractivity contribution in [1.82, 2.24) is 4.98 Å². The van der Waals surface area contributed by atoms with Gasteiger partial charge in [0.1, 0.15) is 5.69 Å². The molecule has 1 heterocycles. The number of nitrogens with two attached hydrogens (primary N) is 1. The van der Waals surface area contributed by atoms with Gasteiger partial charge in [0.2, 0.25) is 0 Å². The number of nitrogens with zero attached hydrogens (tertiary/aromatic N) is 1. The van der Waals surface area contributed by atoms with Gasteiger partial charge < -0.3 is 5.73 Å². The second-order valence-corrected chi connectivity index (χ2v) is 2.92. The second-order valence-electron chi connectivity index (χ2n) is 2.03. The summed E-state index contributed by atoms with van der Waals surface area (Å²) in [5, 5.41) is 2.22. The predicted octanol–water partition coefficient (Wildman–Crippen LogP) is 0.656. The van der Waals surface area contributed by atoms with E-state index in [0.29, 0.717) is 23.7 Å². The van der Waals surface area contributed by atoms with Crippen LogP contribution < -0.4 is 5.73 Å². The molecule has 0 fully saturated rings. The Morgan fingerprint density at radius 1 is 1.75 bits per heavy atom. The zero-order chi connectivity index (χ0) is 8.81. The van der Waals surface area contributed by atoms with E-state index < -0.39 is 0 Å². The van der Waals surface area contributed by atoms with Crippen LogP contribution in [0.4, 0.5) is 0 Å². The van der Waals surface area contributed by atoms with E-state index in [4.69, 9.17) is 5.73 Å². The summed E-state index contributed by atoms with van der Waals surface area (Å²) in [5.41, 5.74) is 5.90. The quantitative estimate of drug-likeness (QED) is 0.537. The van der Waals surface area contributed by atoms with Crippen molar-refractivity contribution in [3.63, 3.8) is 0 Å². The van der Waals surface area contributed by atoms with E-state index >= 15 is 0 Å². The minimum atomic E-state index is 0.465. The first-order valence-electron chi connectivity index (χ1n) is 3.46. The van der Waals surface area contributed by atoms with Gasteiger partial charge in [-0.15, -0.1) is 11.3 Å². The molecule has 0 amide bonds. The summed E-state index contributed by atoms with van der Waals surface area (Å²) in [7, 11) is 0. The predicted molar refractivity (Wildman–Crippen MR) is 48.1 cm³/mol. The number of aromatic nitrogens is 1. The van der Waals surface area contributed by atoms with Gasteiger partial charge in [-0.05, 0) is 5.92 Å². The molecule has 0 aliphatic carbocycles. The van der Waals surface area contributed by atoms with E-state index in [-0.39, 0.29) is 0 Å². The third-order valence-electron chi connectivity index (χ3n) is 1.11. The number of carbonyl (C=O) groups excluding carboxylic acids is 1. The van der Waals surface area contributed by atoms with E-state index in [2.05, 4.69) is 16.8 Å². The summed E-state index contributed by atoms with van der Waals surface area (Å²) < 4.78 is 0. The van der Waals surface area contributed by atoms with Crippen molar-refractivity contribution in [3.8, 4) is 11.8 Å². The highest BCUT2D eigenvalue weighted by Crippen LogP contribution is 2.05. The van der Waals surface area contributed by atoms with Crippen LogP contribution >= 0.6 is 11.3 Å². The highest BCUT2D eigenvalue weighted by molar-refractivity contribution is 7.11. The molecule has 0 saturated carbocycles. The Morgan fingerprint density at radius 3 is 3.17 bits per heavy atom. The maximum Gasteiger partial charge on any atom is 0.178 e. The van der Waals surface area contributed by atoms with Gasteiger partial charge in [-0.25, -0.2) is 4.98 Å². The van der Waals surface area contributed by atoms with Crippen molar-refractivity contribution in [1.29, 1.82) is 0 Å². The number of thiazole rings is 1. The zero-order valence-electron chi connectivity index (χ0n) is 6.41. The lowest BCUT2D eigenvalue weighted by Crippen LogP contribution is -1.95. The Balaban J connectivity index is 2.65. The summed E-state index contributed by atoms with van der Waals surface area (Å²) in [5.74, 6) is 5.65. The largest absolute Gasteiger partial charge is 0.330 e. The molecule has 12 heavy (non-hydrogen) atoms. The topological polar surface area (TPSA) is 56.0 Å². The zero-order valence-corrected chi connectivity index (χ0v) is 7.23. The third-order valence-corrected chi connectivity index (χ3v) is 1.88. The molecule has 0 aliphatic rings. The van der Waals surface area contributed by atoms with Gasteiger partial charge in [-0.2, -0.15) is 0 Å². The Labute approximate surface area is 74.6 Å². The fraction of sp³-hybridized carbons (Fsp3) is 0.250. The fourth-order valence-electron chi connectivity index (χ4n) is 0.624. The van der Waals surface area contributed by atoms with Gasteiger partial charge >= 0.3 is 0 Å². The Bertz CT molecular complexity index is 321. The van der Waals surface area contributed by atoms with Gasteiger partial charge in [-0.1, -0.05) is 5.92 Å². The van der Waals surface area contributed by atoms with Crippen molar-refractivity contribution >= 4 is 17.6 Å². The van der Waals surface area contributed by atoms with Crippen LogP contribution in [0.15, 0.2) is 5.38 Å². The molecule has 1 aromatic heterocycles. The third kappa shape index (κ3) is 2.46. The Hall–Kier alpha value is -1.18. The average molecular weight is 180 g/mol. The second kappa shape index (κ2) is 4.65. The summed E-state index contributed by atoms with van der Waals surface area (Å²) in [6.07, 6.45) is 1.38. The SMILES string of the molecule is NCCC#Cc1csc(C=O)n1. The standard InChI is InChI=1S/C8H8N2OS/c9-4-2-1-3-7-6-12-8(5-11)10-7/h5-6H,2,4,9H2. The maximum atomic E-state index is 10.2. The van der Waals surface area contributed by atoms with Crippen LogP contribution in [0.5, 0.6) is 0 Å². The maximum absolute atomic E-state index is 10.2. The number of hydrogen-bond donors (Lipinski definition) is 1.